The molecule has 0 saturated carbocycles. The molecule has 2 aliphatic rings. The Hall–Kier alpha value is -1.26. The maximum Gasteiger partial charge on any atom is 0.127 e. The van der Waals surface area contributed by atoms with Gasteiger partial charge in [0.2, 0.25) is 0 Å². The van der Waals surface area contributed by atoms with E-state index in [2.05, 4.69) is 4.90 Å². The monoisotopic (exact) mass is 234 g/mol. The predicted octanol–water partition coefficient (Wildman–Crippen LogP) is 1.25. The Kier molecular flexibility index (Phi) is 2.68. The summed E-state index contributed by atoms with van der Waals surface area (Å²) in [6, 6.07) is 5.97. The number of ether oxygens (including phenoxy) is 1. The first-order valence-electron chi connectivity index (χ1n) is 6.19. The standard InChI is InChI=1S/C13H18N2O2/c14-9-2-1-5-15(7-9)12-8-17-13-6-10(16)3-4-11(12)13/h3-4,6,9,12,16H,1-2,5,7-8,14H2. The van der Waals surface area contributed by atoms with Crippen molar-refractivity contribution in [2.45, 2.75) is 24.9 Å². The van der Waals surface area contributed by atoms with Gasteiger partial charge in [-0.3, -0.25) is 4.90 Å². The second-order valence-electron chi connectivity index (χ2n) is 4.95. The Labute approximate surface area is 101 Å². The van der Waals surface area contributed by atoms with Gasteiger partial charge in [-0.15, -0.1) is 0 Å². The van der Waals surface area contributed by atoms with Crippen molar-refractivity contribution >= 4 is 0 Å². The van der Waals surface area contributed by atoms with Crippen molar-refractivity contribution in [3.8, 4) is 11.5 Å². The van der Waals surface area contributed by atoms with Crippen LogP contribution < -0.4 is 10.5 Å². The van der Waals surface area contributed by atoms with Crippen LogP contribution in [-0.4, -0.2) is 35.7 Å². The number of nitrogens with two attached hydrogens (primary N) is 1. The molecule has 2 heterocycles. The summed E-state index contributed by atoms with van der Waals surface area (Å²) in [6.45, 7) is 2.70. The largest absolute Gasteiger partial charge is 0.508 e. The predicted molar refractivity (Wildman–Crippen MR) is 65.1 cm³/mol. The molecule has 2 atom stereocenters. The molecule has 3 N–H and O–H groups in total. The fraction of sp³-hybridized carbons (Fsp3) is 0.538. The van der Waals surface area contributed by atoms with E-state index in [1.165, 1.54) is 5.56 Å². The average Bonchev–Trinajstić information content (AvgIpc) is 2.71. The van der Waals surface area contributed by atoms with Crippen molar-refractivity contribution in [3.63, 3.8) is 0 Å². The van der Waals surface area contributed by atoms with Gasteiger partial charge in [-0.1, -0.05) is 0 Å². The molecule has 1 aromatic rings. The lowest BCUT2D eigenvalue weighted by Gasteiger charge is -2.34. The van der Waals surface area contributed by atoms with Crippen LogP contribution in [0.25, 0.3) is 0 Å². The van der Waals surface area contributed by atoms with Crippen LogP contribution in [0, 0.1) is 0 Å². The average molecular weight is 234 g/mol. The highest BCUT2D eigenvalue weighted by molar-refractivity contribution is 5.44. The first kappa shape index (κ1) is 10.9. The Balaban J connectivity index is 1.83. The van der Waals surface area contributed by atoms with Crippen molar-refractivity contribution in [1.29, 1.82) is 0 Å². The summed E-state index contributed by atoms with van der Waals surface area (Å²) in [5.41, 5.74) is 7.19. The van der Waals surface area contributed by atoms with Crippen LogP contribution in [0.4, 0.5) is 0 Å². The minimum atomic E-state index is 0.264. The van der Waals surface area contributed by atoms with Gasteiger partial charge in [0, 0.05) is 24.2 Å². The fourth-order valence-electron chi connectivity index (χ4n) is 2.81. The van der Waals surface area contributed by atoms with E-state index in [-0.39, 0.29) is 11.8 Å². The molecule has 0 amide bonds. The second kappa shape index (κ2) is 4.20. The third-order valence-corrected chi connectivity index (χ3v) is 3.68. The van der Waals surface area contributed by atoms with Gasteiger partial charge in [-0.25, -0.2) is 0 Å². The summed E-state index contributed by atoms with van der Waals surface area (Å²) in [4.78, 5) is 2.40. The smallest absolute Gasteiger partial charge is 0.127 e. The molecule has 92 valence electrons. The summed E-state index contributed by atoms with van der Waals surface area (Å²) in [7, 11) is 0. The van der Waals surface area contributed by atoms with Crippen LogP contribution in [-0.2, 0) is 0 Å². The number of phenols is 1. The number of aromatic hydroxyl groups is 1. The lowest BCUT2D eigenvalue weighted by molar-refractivity contribution is 0.127. The van der Waals surface area contributed by atoms with Gasteiger partial charge in [0.25, 0.3) is 0 Å². The van der Waals surface area contributed by atoms with Gasteiger partial charge < -0.3 is 15.6 Å². The van der Waals surface area contributed by atoms with Gasteiger partial charge in [0.1, 0.15) is 18.1 Å². The van der Waals surface area contributed by atoms with Crippen molar-refractivity contribution in [3.05, 3.63) is 23.8 Å². The zero-order valence-electron chi connectivity index (χ0n) is 9.80. The topological polar surface area (TPSA) is 58.7 Å². The number of benzene rings is 1. The number of piperidine rings is 1. The third kappa shape index (κ3) is 1.98. The van der Waals surface area contributed by atoms with Crippen LogP contribution in [0.15, 0.2) is 18.2 Å². The van der Waals surface area contributed by atoms with Crippen molar-refractivity contribution in [2.75, 3.05) is 19.7 Å². The number of rotatable bonds is 1. The van der Waals surface area contributed by atoms with E-state index < -0.39 is 0 Å². The minimum absolute atomic E-state index is 0.264. The Bertz CT molecular complexity index is 422. The molecule has 2 aliphatic heterocycles. The molecule has 0 bridgehead atoms. The van der Waals surface area contributed by atoms with Gasteiger partial charge in [-0.05, 0) is 31.5 Å². The van der Waals surface area contributed by atoms with E-state index in [9.17, 15) is 5.11 Å². The van der Waals surface area contributed by atoms with E-state index in [0.717, 1.165) is 31.7 Å². The molecule has 0 aromatic heterocycles. The molecule has 4 heteroatoms. The Morgan fingerprint density at radius 1 is 1.41 bits per heavy atom. The van der Waals surface area contributed by atoms with Crippen molar-refractivity contribution < 1.29 is 9.84 Å². The molecule has 2 unspecified atom stereocenters. The van der Waals surface area contributed by atoms with E-state index in [1.807, 2.05) is 6.07 Å². The van der Waals surface area contributed by atoms with Crippen LogP contribution in [0.2, 0.25) is 0 Å². The number of phenolic OH excluding ortho intramolecular Hbond substituents is 1. The fourth-order valence-corrected chi connectivity index (χ4v) is 2.81. The molecule has 4 nitrogen and oxygen atoms in total. The molecular formula is C13H18N2O2. The number of hydrogen-bond donors (Lipinski definition) is 2. The number of nitrogens with zero attached hydrogens (tertiary/aromatic N) is 1. The molecule has 17 heavy (non-hydrogen) atoms. The lowest BCUT2D eigenvalue weighted by atomic mass is 10.0. The quantitative estimate of drug-likeness (QED) is 0.767. The number of likely N-dealkylation sites (tertiary alicyclic amines) is 1. The SMILES string of the molecule is NC1CCCN(C2COc3cc(O)ccc32)C1. The van der Waals surface area contributed by atoms with Crippen LogP contribution in [0.1, 0.15) is 24.4 Å². The molecule has 1 saturated heterocycles. The normalized spacial score (nSPS) is 28.8. The first-order valence-corrected chi connectivity index (χ1v) is 6.19. The third-order valence-electron chi connectivity index (χ3n) is 3.68. The van der Waals surface area contributed by atoms with Gasteiger partial charge >= 0.3 is 0 Å². The highest BCUT2D eigenvalue weighted by Crippen LogP contribution is 2.38. The highest BCUT2D eigenvalue weighted by atomic mass is 16.5. The summed E-state index contributed by atoms with van der Waals surface area (Å²) in [5, 5.41) is 9.42. The summed E-state index contributed by atoms with van der Waals surface area (Å²) < 4.78 is 5.64. The van der Waals surface area contributed by atoms with Gasteiger partial charge in [0.15, 0.2) is 0 Å². The van der Waals surface area contributed by atoms with E-state index in [1.54, 1.807) is 12.1 Å². The Morgan fingerprint density at radius 2 is 2.29 bits per heavy atom. The molecule has 1 aromatic carbocycles. The molecule has 0 spiro atoms. The maximum absolute atomic E-state index is 9.42. The van der Waals surface area contributed by atoms with Crippen LogP contribution in [0.3, 0.4) is 0 Å². The van der Waals surface area contributed by atoms with Gasteiger partial charge in [-0.2, -0.15) is 0 Å². The summed E-state index contributed by atoms with van der Waals surface area (Å²) in [6.07, 6.45) is 2.28. The lowest BCUT2D eigenvalue weighted by Crippen LogP contribution is -2.44. The Morgan fingerprint density at radius 3 is 3.12 bits per heavy atom. The maximum atomic E-state index is 9.42. The first-order chi connectivity index (χ1) is 8.24. The van der Waals surface area contributed by atoms with Crippen molar-refractivity contribution in [2.24, 2.45) is 5.73 Å². The van der Waals surface area contributed by atoms with Crippen LogP contribution >= 0.6 is 0 Å². The molecule has 0 radical (unpaired) electrons. The molecule has 1 fully saturated rings. The summed E-state index contributed by atoms with van der Waals surface area (Å²) >= 11 is 0. The highest BCUT2D eigenvalue weighted by Gasteiger charge is 2.32. The van der Waals surface area contributed by atoms with Crippen molar-refractivity contribution in [1.82, 2.24) is 4.90 Å². The molecule has 0 aliphatic carbocycles. The van der Waals surface area contributed by atoms with Crippen LogP contribution in [0.5, 0.6) is 11.5 Å². The zero-order chi connectivity index (χ0) is 11.8. The van der Waals surface area contributed by atoms with E-state index >= 15 is 0 Å². The summed E-state index contributed by atoms with van der Waals surface area (Å²) in [5.74, 6) is 1.08. The minimum Gasteiger partial charge on any atom is -0.508 e. The van der Waals surface area contributed by atoms with Gasteiger partial charge in [0.05, 0.1) is 6.04 Å². The second-order valence-corrected chi connectivity index (χ2v) is 4.95. The number of hydrogen-bond acceptors (Lipinski definition) is 4. The molecule has 3 rings (SSSR count). The van der Waals surface area contributed by atoms with E-state index in [4.69, 9.17) is 10.5 Å². The number of fused-ring (bicyclic) bond motifs is 1. The molecular weight excluding hydrogens is 216 g/mol. The zero-order valence-corrected chi connectivity index (χ0v) is 9.80. The van der Waals surface area contributed by atoms with E-state index in [0.29, 0.717) is 12.6 Å².